The zero-order valence-electron chi connectivity index (χ0n) is 10.2. The molecule has 0 saturated heterocycles. The van der Waals surface area contributed by atoms with Gasteiger partial charge in [-0.2, -0.15) is 0 Å². The van der Waals surface area contributed by atoms with Gasteiger partial charge in [0.05, 0.1) is 20.6 Å². The zero-order chi connectivity index (χ0) is 13.9. The van der Waals surface area contributed by atoms with Crippen LogP contribution >= 0.6 is 45.9 Å². The van der Waals surface area contributed by atoms with E-state index < -0.39 is 0 Å². The lowest BCUT2D eigenvalue weighted by Gasteiger charge is -1.96. The number of thiazole rings is 1. The van der Waals surface area contributed by atoms with Crippen molar-refractivity contribution in [3.63, 3.8) is 0 Å². The molecule has 0 amide bonds. The van der Waals surface area contributed by atoms with Crippen LogP contribution in [0.3, 0.4) is 0 Å². The second-order valence-corrected chi connectivity index (χ2v) is 6.71. The van der Waals surface area contributed by atoms with Gasteiger partial charge in [0.15, 0.2) is 0 Å². The molecule has 3 rings (SSSR count). The SMILES string of the molecule is Clc1ccc(/C=C/c2nc(-c3cccs3)cs2)cc1Cl. The van der Waals surface area contributed by atoms with Crippen molar-refractivity contribution in [3.05, 3.63) is 61.7 Å². The largest absolute Gasteiger partial charge is 0.236 e. The van der Waals surface area contributed by atoms with Gasteiger partial charge in [0, 0.05) is 5.38 Å². The summed E-state index contributed by atoms with van der Waals surface area (Å²) in [5, 5.41) is 6.23. The van der Waals surface area contributed by atoms with E-state index in [-0.39, 0.29) is 0 Å². The third-order valence-electron chi connectivity index (χ3n) is 2.66. The molecule has 0 saturated carbocycles. The standard InChI is InChI=1S/C15H9Cl2NS2/c16-11-5-3-10(8-12(11)17)4-6-15-18-13(9-20-15)14-2-1-7-19-14/h1-9H/b6-4+. The van der Waals surface area contributed by atoms with Crippen LogP contribution in [0.25, 0.3) is 22.7 Å². The summed E-state index contributed by atoms with van der Waals surface area (Å²) in [7, 11) is 0. The Balaban J connectivity index is 1.80. The van der Waals surface area contributed by atoms with Gasteiger partial charge in [0.1, 0.15) is 5.01 Å². The summed E-state index contributed by atoms with van der Waals surface area (Å²) in [6, 6.07) is 9.67. The summed E-state index contributed by atoms with van der Waals surface area (Å²) in [6.07, 6.45) is 3.97. The summed E-state index contributed by atoms with van der Waals surface area (Å²) in [5.74, 6) is 0. The molecule has 2 aromatic heterocycles. The molecule has 0 aliphatic heterocycles. The minimum atomic E-state index is 0.562. The van der Waals surface area contributed by atoms with Gasteiger partial charge in [-0.1, -0.05) is 41.4 Å². The van der Waals surface area contributed by atoms with Crippen molar-refractivity contribution in [1.82, 2.24) is 4.98 Å². The van der Waals surface area contributed by atoms with E-state index in [9.17, 15) is 0 Å². The molecule has 2 heterocycles. The third-order valence-corrected chi connectivity index (χ3v) is 5.10. The topological polar surface area (TPSA) is 12.9 Å². The first-order valence-corrected chi connectivity index (χ1v) is 8.36. The number of benzene rings is 1. The Kier molecular flexibility index (Phi) is 4.22. The van der Waals surface area contributed by atoms with Crippen molar-refractivity contribution < 1.29 is 0 Å². The van der Waals surface area contributed by atoms with E-state index in [1.54, 1.807) is 28.7 Å². The second-order valence-electron chi connectivity index (χ2n) is 4.06. The fraction of sp³-hybridized carbons (Fsp3) is 0. The predicted octanol–water partition coefficient (Wildman–Crippen LogP) is 6.35. The van der Waals surface area contributed by atoms with Crippen LogP contribution in [0, 0.1) is 0 Å². The van der Waals surface area contributed by atoms with Gasteiger partial charge in [-0.15, -0.1) is 22.7 Å². The molecule has 20 heavy (non-hydrogen) atoms. The van der Waals surface area contributed by atoms with Crippen LogP contribution in [0.2, 0.25) is 10.0 Å². The van der Waals surface area contributed by atoms with Crippen molar-refractivity contribution in [2.45, 2.75) is 0 Å². The van der Waals surface area contributed by atoms with Crippen molar-refractivity contribution in [2.75, 3.05) is 0 Å². The number of hydrogen-bond donors (Lipinski definition) is 0. The molecule has 0 aliphatic carbocycles. The van der Waals surface area contributed by atoms with Crippen LogP contribution in [0.15, 0.2) is 41.1 Å². The highest BCUT2D eigenvalue weighted by Crippen LogP contribution is 2.27. The summed E-state index contributed by atoms with van der Waals surface area (Å²) in [4.78, 5) is 5.78. The molecule has 5 heteroatoms. The van der Waals surface area contributed by atoms with Crippen LogP contribution < -0.4 is 0 Å². The molecule has 0 aliphatic rings. The Morgan fingerprint density at radius 2 is 1.90 bits per heavy atom. The van der Waals surface area contributed by atoms with E-state index in [4.69, 9.17) is 23.2 Å². The molecule has 1 nitrogen and oxygen atoms in total. The maximum absolute atomic E-state index is 5.99. The van der Waals surface area contributed by atoms with Crippen molar-refractivity contribution in [2.24, 2.45) is 0 Å². The van der Waals surface area contributed by atoms with E-state index in [0.717, 1.165) is 16.3 Å². The lowest BCUT2D eigenvalue weighted by atomic mass is 10.2. The molecule has 3 aromatic rings. The average molecular weight is 338 g/mol. The van der Waals surface area contributed by atoms with Crippen LogP contribution in [-0.2, 0) is 0 Å². The monoisotopic (exact) mass is 337 g/mol. The summed E-state index contributed by atoms with van der Waals surface area (Å²) in [5.41, 5.74) is 2.03. The smallest absolute Gasteiger partial charge is 0.116 e. The van der Waals surface area contributed by atoms with Crippen molar-refractivity contribution in [1.29, 1.82) is 0 Å². The molecular formula is C15H9Cl2NS2. The lowest BCUT2D eigenvalue weighted by molar-refractivity contribution is 1.40. The maximum Gasteiger partial charge on any atom is 0.116 e. The van der Waals surface area contributed by atoms with Crippen LogP contribution in [-0.4, -0.2) is 4.98 Å². The number of rotatable bonds is 3. The van der Waals surface area contributed by atoms with Gasteiger partial charge < -0.3 is 0 Å². The van der Waals surface area contributed by atoms with Crippen LogP contribution in [0.1, 0.15) is 10.6 Å². The fourth-order valence-electron chi connectivity index (χ4n) is 1.69. The van der Waals surface area contributed by atoms with E-state index in [1.807, 2.05) is 30.4 Å². The highest BCUT2D eigenvalue weighted by Gasteiger charge is 2.03. The molecule has 0 unspecified atom stereocenters. The number of thiophene rings is 1. The number of hydrogen-bond acceptors (Lipinski definition) is 3. The van der Waals surface area contributed by atoms with E-state index in [1.165, 1.54) is 4.88 Å². The van der Waals surface area contributed by atoms with E-state index in [0.29, 0.717) is 10.0 Å². The highest BCUT2D eigenvalue weighted by atomic mass is 35.5. The lowest BCUT2D eigenvalue weighted by Crippen LogP contribution is -1.75. The molecule has 0 N–H and O–H groups in total. The number of halogens is 2. The Morgan fingerprint density at radius 1 is 1.00 bits per heavy atom. The molecule has 0 spiro atoms. The Hall–Kier alpha value is -1.13. The van der Waals surface area contributed by atoms with E-state index >= 15 is 0 Å². The fourth-order valence-corrected chi connectivity index (χ4v) is 3.46. The summed E-state index contributed by atoms with van der Waals surface area (Å²) >= 11 is 15.2. The van der Waals surface area contributed by atoms with Crippen LogP contribution in [0.4, 0.5) is 0 Å². The van der Waals surface area contributed by atoms with E-state index in [2.05, 4.69) is 21.8 Å². The minimum Gasteiger partial charge on any atom is -0.236 e. The van der Waals surface area contributed by atoms with Crippen molar-refractivity contribution >= 4 is 58.0 Å². The molecular weight excluding hydrogens is 329 g/mol. The van der Waals surface area contributed by atoms with Crippen molar-refractivity contribution in [3.8, 4) is 10.6 Å². The third kappa shape index (κ3) is 3.13. The summed E-state index contributed by atoms with van der Waals surface area (Å²) in [6.45, 7) is 0. The first-order valence-electron chi connectivity index (χ1n) is 5.85. The average Bonchev–Trinajstić information content (AvgIpc) is 3.09. The van der Waals surface area contributed by atoms with Gasteiger partial charge in [-0.3, -0.25) is 0 Å². The minimum absolute atomic E-state index is 0.562. The first-order chi connectivity index (χ1) is 9.72. The molecule has 0 fully saturated rings. The number of aromatic nitrogens is 1. The predicted molar refractivity (Wildman–Crippen MR) is 90.8 cm³/mol. The van der Waals surface area contributed by atoms with Crippen LogP contribution in [0.5, 0.6) is 0 Å². The molecule has 0 atom stereocenters. The Morgan fingerprint density at radius 3 is 2.65 bits per heavy atom. The molecule has 0 bridgehead atoms. The van der Waals surface area contributed by atoms with Gasteiger partial charge in [-0.25, -0.2) is 4.98 Å². The molecule has 1 aromatic carbocycles. The molecule has 0 radical (unpaired) electrons. The Labute approximate surface area is 135 Å². The van der Waals surface area contributed by atoms with Gasteiger partial charge in [0.25, 0.3) is 0 Å². The Bertz CT molecular complexity index is 745. The van der Waals surface area contributed by atoms with Gasteiger partial charge >= 0.3 is 0 Å². The molecule has 100 valence electrons. The summed E-state index contributed by atoms with van der Waals surface area (Å²) < 4.78 is 0. The van der Waals surface area contributed by atoms with Gasteiger partial charge in [0.2, 0.25) is 0 Å². The first kappa shape index (κ1) is 13.8. The zero-order valence-corrected chi connectivity index (χ0v) is 13.4. The normalized spacial score (nSPS) is 11.3. The quantitative estimate of drug-likeness (QED) is 0.542. The van der Waals surface area contributed by atoms with Gasteiger partial charge in [-0.05, 0) is 35.2 Å². The second kappa shape index (κ2) is 6.10. The maximum atomic E-state index is 5.99. The highest BCUT2D eigenvalue weighted by molar-refractivity contribution is 7.14. The number of nitrogens with zero attached hydrogens (tertiary/aromatic N) is 1.